The van der Waals surface area contributed by atoms with Gasteiger partial charge in [0, 0.05) is 18.4 Å². The number of benzene rings is 1. The fourth-order valence-electron chi connectivity index (χ4n) is 2.45. The molecule has 0 aromatic heterocycles. The Bertz CT molecular complexity index is 378. The number of aryl methyl sites for hydroxylation is 1. The Morgan fingerprint density at radius 3 is 3.07 bits per heavy atom. The van der Waals surface area contributed by atoms with Crippen LogP contribution in [0.5, 0.6) is 0 Å². The molecule has 15 heavy (non-hydrogen) atoms. The Hall–Kier alpha value is -1.30. The molecule has 2 atom stereocenters. The molecule has 0 amide bonds. The highest BCUT2D eigenvalue weighted by molar-refractivity contribution is 5.36. The summed E-state index contributed by atoms with van der Waals surface area (Å²) in [6.45, 7) is 0. The Kier molecular flexibility index (Phi) is 3.05. The normalized spacial score (nSPS) is 20.7. The van der Waals surface area contributed by atoms with E-state index in [0.717, 1.165) is 12.8 Å². The van der Waals surface area contributed by atoms with Crippen LogP contribution >= 0.6 is 0 Å². The number of nitrogens with one attached hydrogen (secondary N) is 1. The van der Waals surface area contributed by atoms with Gasteiger partial charge in [-0.25, -0.2) is 0 Å². The minimum Gasteiger partial charge on any atom is -0.271 e. The summed E-state index contributed by atoms with van der Waals surface area (Å²) in [5, 5.41) is 0. The highest BCUT2D eigenvalue weighted by Crippen LogP contribution is 2.35. The fourth-order valence-corrected chi connectivity index (χ4v) is 2.45. The fraction of sp³-hybridized carbons (Fsp3) is 0.385. The summed E-state index contributed by atoms with van der Waals surface area (Å²) < 4.78 is 0. The quantitative estimate of drug-likeness (QED) is 0.441. The van der Waals surface area contributed by atoms with E-state index in [1.807, 2.05) is 0 Å². The maximum atomic E-state index is 5.55. The highest BCUT2D eigenvalue weighted by Gasteiger charge is 2.28. The van der Waals surface area contributed by atoms with E-state index < -0.39 is 0 Å². The number of nitrogens with two attached hydrogens (primary N) is 1. The van der Waals surface area contributed by atoms with Gasteiger partial charge < -0.3 is 0 Å². The molecule has 1 aliphatic carbocycles. The summed E-state index contributed by atoms with van der Waals surface area (Å²) in [6.07, 6.45) is 8.33. The van der Waals surface area contributed by atoms with Crippen LogP contribution in [0.4, 0.5) is 0 Å². The van der Waals surface area contributed by atoms with Crippen molar-refractivity contribution in [3.8, 4) is 12.3 Å². The minimum absolute atomic E-state index is 0.207. The Morgan fingerprint density at radius 1 is 1.53 bits per heavy atom. The molecule has 2 rings (SSSR count). The van der Waals surface area contributed by atoms with E-state index in [1.165, 1.54) is 11.1 Å². The van der Waals surface area contributed by atoms with Crippen molar-refractivity contribution in [1.82, 2.24) is 5.43 Å². The summed E-state index contributed by atoms with van der Waals surface area (Å²) in [5.74, 6) is 8.71. The number of terminal acetylenes is 1. The third kappa shape index (κ3) is 1.90. The molecule has 1 aromatic carbocycles. The minimum atomic E-state index is 0.207. The average molecular weight is 200 g/mol. The van der Waals surface area contributed by atoms with Crippen molar-refractivity contribution in [2.24, 2.45) is 5.84 Å². The van der Waals surface area contributed by atoms with Crippen LogP contribution in [0.15, 0.2) is 24.3 Å². The molecule has 2 heteroatoms. The van der Waals surface area contributed by atoms with Crippen LogP contribution in [0.3, 0.4) is 0 Å². The van der Waals surface area contributed by atoms with Crippen molar-refractivity contribution < 1.29 is 0 Å². The summed E-state index contributed by atoms with van der Waals surface area (Å²) in [4.78, 5) is 0. The molecule has 2 nitrogen and oxygen atoms in total. The van der Waals surface area contributed by atoms with Crippen LogP contribution in [0, 0.1) is 12.3 Å². The van der Waals surface area contributed by atoms with Crippen molar-refractivity contribution in [2.45, 2.75) is 31.2 Å². The van der Waals surface area contributed by atoms with Gasteiger partial charge in [-0.1, -0.05) is 24.3 Å². The first-order valence-electron chi connectivity index (χ1n) is 5.34. The maximum Gasteiger partial charge on any atom is 0.0388 e. The average Bonchev–Trinajstić information content (AvgIpc) is 2.70. The number of hydrogen-bond acceptors (Lipinski definition) is 2. The molecule has 0 bridgehead atoms. The third-order valence-electron chi connectivity index (χ3n) is 3.22. The first kappa shape index (κ1) is 10.2. The van der Waals surface area contributed by atoms with Gasteiger partial charge in [0.05, 0.1) is 0 Å². The molecular weight excluding hydrogens is 184 g/mol. The lowest BCUT2D eigenvalue weighted by Crippen LogP contribution is -2.38. The smallest absolute Gasteiger partial charge is 0.0388 e. The van der Waals surface area contributed by atoms with Crippen molar-refractivity contribution in [3.05, 3.63) is 35.4 Å². The number of fused-ring (bicyclic) bond motifs is 1. The van der Waals surface area contributed by atoms with E-state index >= 15 is 0 Å². The van der Waals surface area contributed by atoms with Crippen molar-refractivity contribution in [3.63, 3.8) is 0 Å². The summed E-state index contributed by atoms with van der Waals surface area (Å²) in [6, 6.07) is 8.76. The van der Waals surface area contributed by atoms with Gasteiger partial charge >= 0.3 is 0 Å². The zero-order valence-corrected chi connectivity index (χ0v) is 8.74. The second-order valence-corrected chi connectivity index (χ2v) is 4.03. The molecule has 0 spiro atoms. The molecule has 2 unspecified atom stereocenters. The van der Waals surface area contributed by atoms with Gasteiger partial charge in [-0.2, -0.15) is 0 Å². The van der Waals surface area contributed by atoms with Gasteiger partial charge in [0.2, 0.25) is 0 Å². The molecule has 0 saturated carbocycles. The predicted molar refractivity (Wildman–Crippen MR) is 62.1 cm³/mol. The number of hydrogen-bond donors (Lipinski definition) is 2. The van der Waals surface area contributed by atoms with Gasteiger partial charge in [-0.05, 0) is 24.0 Å². The van der Waals surface area contributed by atoms with Gasteiger partial charge in [0.1, 0.15) is 0 Å². The molecular formula is C13H16N2. The Labute approximate surface area is 90.8 Å². The molecule has 1 aliphatic rings. The van der Waals surface area contributed by atoms with Crippen LogP contribution < -0.4 is 11.3 Å². The SMILES string of the molecule is C#CCC(NN)C1CCc2ccccc21. The predicted octanol–water partition coefficient (Wildman–Crippen LogP) is 1.57. The molecule has 3 N–H and O–H groups in total. The second kappa shape index (κ2) is 4.48. The summed E-state index contributed by atoms with van der Waals surface area (Å²) in [5.41, 5.74) is 5.70. The molecule has 78 valence electrons. The topological polar surface area (TPSA) is 38.0 Å². The van der Waals surface area contributed by atoms with Crippen LogP contribution in [-0.2, 0) is 6.42 Å². The van der Waals surface area contributed by atoms with E-state index in [0.29, 0.717) is 12.3 Å². The van der Waals surface area contributed by atoms with E-state index in [4.69, 9.17) is 12.3 Å². The lowest BCUT2D eigenvalue weighted by molar-refractivity contribution is 0.444. The van der Waals surface area contributed by atoms with Gasteiger partial charge in [0.25, 0.3) is 0 Å². The van der Waals surface area contributed by atoms with Crippen molar-refractivity contribution in [1.29, 1.82) is 0 Å². The molecule has 0 saturated heterocycles. The Morgan fingerprint density at radius 2 is 2.33 bits per heavy atom. The van der Waals surface area contributed by atoms with Gasteiger partial charge in [-0.3, -0.25) is 11.3 Å². The first-order valence-corrected chi connectivity index (χ1v) is 5.34. The number of hydrazine groups is 1. The van der Waals surface area contributed by atoms with Crippen LogP contribution in [0.25, 0.3) is 0 Å². The zero-order valence-electron chi connectivity index (χ0n) is 8.74. The number of rotatable bonds is 3. The Balaban J connectivity index is 2.23. The van der Waals surface area contributed by atoms with Crippen LogP contribution in [-0.4, -0.2) is 6.04 Å². The molecule has 0 fully saturated rings. The molecule has 0 radical (unpaired) electrons. The van der Waals surface area contributed by atoms with Crippen molar-refractivity contribution in [2.75, 3.05) is 0 Å². The second-order valence-electron chi connectivity index (χ2n) is 4.03. The van der Waals surface area contributed by atoms with E-state index in [-0.39, 0.29) is 6.04 Å². The van der Waals surface area contributed by atoms with E-state index in [9.17, 15) is 0 Å². The van der Waals surface area contributed by atoms with Gasteiger partial charge in [0.15, 0.2) is 0 Å². The van der Waals surface area contributed by atoms with Gasteiger partial charge in [-0.15, -0.1) is 12.3 Å². The largest absolute Gasteiger partial charge is 0.271 e. The lowest BCUT2D eigenvalue weighted by Gasteiger charge is -2.21. The van der Waals surface area contributed by atoms with E-state index in [1.54, 1.807) is 0 Å². The third-order valence-corrected chi connectivity index (χ3v) is 3.22. The lowest BCUT2D eigenvalue weighted by atomic mass is 9.92. The van der Waals surface area contributed by atoms with E-state index in [2.05, 4.69) is 35.6 Å². The van der Waals surface area contributed by atoms with Crippen LogP contribution in [0.1, 0.15) is 29.9 Å². The molecule has 0 aliphatic heterocycles. The first-order chi connectivity index (χ1) is 7.36. The zero-order chi connectivity index (χ0) is 10.7. The van der Waals surface area contributed by atoms with Crippen LogP contribution in [0.2, 0.25) is 0 Å². The summed E-state index contributed by atoms with van der Waals surface area (Å²) >= 11 is 0. The summed E-state index contributed by atoms with van der Waals surface area (Å²) in [7, 11) is 0. The molecule has 1 aromatic rings. The highest BCUT2D eigenvalue weighted by atomic mass is 15.2. The standard InChI is InChI=1S/C13H16N2/c1-2-5-13(15-14)12-9-8-10-6-3-4-7-11(10)12/h1,3-4,6-7,12-13,15H,5,8-9,14H2. The molecule has 0 heterocycles. The maximum absolute atomic E-state index is 5.55. The van der Waals surface area contributed by atoms with Crippen molar-refractivity contribution >= 4 is 0 Å². The monoisotopic (exact) mass is 200 g/mol.